The Hall–Kier alpha value is -5.30. The number of nitrogens with zero attached hydrogens (tertiary/aromatic N) is 5. The van der Waals surface area contributed by atoms with Crippen molar-refractivity contribution >= 4 is 56.9 Å². The fourth-order valence-electron chi connectivity index (χ4n) is 9.46. The minimum atomic E-state index is -0.598. The van der Waals surface area contributed by atoms with Crippen LogP contribution in [0.1, 0.15) is 109 Å². The molecule has 5 N–H and O–H groups in total. The van der Waals surface area contributed by atoms with E-state index in [1.165, 1.54) is 24.0 Å². The van der Waals surface area contributed by atoms with E-state index >= 15 is 0 Å². The van der Waals surface area contributed by atoms with Crippen molar-refractivity contribution in [1.29, 1.82) is 0 Å². The molecule has 13 heteroatoms. The smallest absolute Gasteiger partial charge is 0.271 e. The molecule has 5 aromatic rings. The van der Waals surface area contributed by atoms with Gasteiger partial charge in [-0.25, -0.2) is 9.97 Å². The van der Waals surface area contributed by atoms with Gasteiger partial charge in [-0.15, -0.1) is 0 Å². The number of rotatable bonds is 9. The first kappa shape index (κ1) is 34.5. The van der Waals surface area contributed by atoms with Gasteiger partial charge in [-0.05, 0) is 124 Å². The van der Waals surface area contributed by atoms with Crippen molar-refractivity contribution in [3.8, 4) is 0 Å². The Morgan fingerprint density at radius 1 is 0.963 bits per heavy atom. The summed E-state index contributed by atoms with van der Waals surface area (Å²) in [6, 6.07) is 12.7. The van der Waals surface area contributed by atoms with Gasteiger partial charge in [0.2, 0.25) is 11.8 Å². The molecule has 3 atom stereocenters. The molecule has 2 unspecified atom stereocenters. The van der Waals surface area contributed by atoms with E-state index in [-0.39, 0.29) is 17.5 Å². The Bertz CT molecular complexity index is 2200. The monoisotopic (exact) mass is 729 g/mol. The van der Waals surface area contributed by atoms with Gasteiger partial charge < -0.3 is 30.4 Å². The number of nitrogens with one attached hydrogen (secondary N) is 3. The molecule has 1 saturated carbocycles. The van der Waals surface area contributed by atoms with E-state index in [9.17, 15) is 14.4 Å². The highest BCUT2D eigenvalue weighted by Crippen LogP contribution is 2.45. The largest absolute Gasteiger partial charge is 0.364 e. The number of amides is 3. The number of H-pyrrole nitrogens is 1. The summed E-state index contributed by atoms with van der Waals surface area (Å²) in [5, 5.41) is 12.0. The number of carbonyl (C=O) groups excluding carboxylic acids is 3. The fourth-order valence-corrected chi connectivity index (χ4v) is 9.46. The fraction of sp³-hybridized carbons (Fsp3) is 0.463. The van der Waals surface area contributed by atoms with E-state index in [1.807, 2.05) is 6.20 Å². The van der Waals surface area contributed by atoms with E-state index < -0.39 is 11.8 Å². The molecule has 2 aromatic carbocycles. The van der Waals surface area contributed by atoms with E-state index in [0.717, 1.165) is 99.0 Å². The maximum absolute atomic E-state index is 12.7. The van der Waals surface area contributed by atoms with Crippen LogP contribution in [-0.4, -0.2) is 75.5 Å². The second kappa shape index (κ2) is 14.5. The lowest BCUT2D eigenvalue weighted by atomic mass is 9.88. The molecule has 3 amide bonds. The summed E-state index contributed by atoms with van der Waals surface area (Å²) in [5.41, 5.74) is 11.7. The third kappa shape index (κ3) is 6.69. The van der Waals surface area contributed by atoms with Crippen LogP contribution >= 0.6 is 0 Å². The zero-order chi connectivity index (χ0) is 36.8. The van der Waals surface area contributed by atoms with Gasteiger partial charge in [-0.2, -0.15) is 0 Å². The van der Waals surface area contributed by atoms with Gasteiger partial charge in [0.25, 0.3) is 5.91 Å². The number of hydrogen-bond donors (Lipinski definition) is 4. The number of primary amides is 1. The summed E-state index contributed by atoms with van der Waals surface area (Å²) in [6.45, 7) is 5.16. The van der Waals surface area contributed by atoms with Crippen molar-refractivity contribution in [3.05, 3.63) is 71.3 Å². The van der Waals surface area contributed by atoms with Gasteiger partial charge in [0, 0.05) is 48.8 Å². The minimum absolute atomic E-state index is 0.148. The van der Waals surface area contributed by atoms with Crippen molar-refractivity contribution in [2.75, 3.05) is 42.9 Å². The highest BCUT2D eigenvalue weighted by Gasteiger charge is 2.35. The molecule has 0 spiro atoms. The van der Waals surface area contributed by atoms with Gasteiger partial charge >= 0.3 is 0 Å². The zero-order valence-electron chi connectivity index (χ0n) is 30.5. The molecule has 4 aliphatic rings. The van der Waals surface area contributed by atoms with Crippen molar-refractivity contribution < 1.29 is 18.9 Å². The Morgan fingerprint density at radius 3 is 2.56 bits per heavy atom. The van der Waals surface area contributed by atoms with Crippen molar-refractivity contribution in [2.45, 2.75) is 82.0 Å². The predicted molar refractivity (Wildman–Crippen MR) is 206 cm³/mol. The van der Waals surface area contributed by atoms with Gasteiger partial charge in [-0.3, -0.25) is 19.7 Å². The van der Waals surface area contributed by atoms with E-state index in [2.05, 4.69) is 72.0 Å². The van der Waals surface area contributed by atoms with Gasteiger partial charge in [0.15, 0.2) is 17.1 Å². The number of piperidine rings is 3. The number of likely N-dealkylation sites (tertiary alicyclic amines) is 1. The second-order valence-electron chi connectivity index (χ2n) is 15.7. The number of aromatic amines is 1. The zero-order valence-corrected chi connectivity index (χ0v) is 30.5. The minimum Gasteiger partial charge on any atom is -0.364 e. The van der Waals surface area contributed by atoms with Crippen LogP contribution in [0.4, 0.5) is 17.3 Å². The molecule has 3 aliphatic heterocycles. The molecule has 1 aliphatic carbocycles. The lowest BCUT2D eigenvalue weighted by molar-refractivity contribution is -0.134. The highest BCUT2D eigenvalue weighted by atomic mass is 16.5. The van der Waals surface area contributed by atoms with Gasteiger partial charge in [-0.1, -0.05) is 17.3 Å². The number of carbonyl (C=O) groups is 3. The molecule has 3 aromatic heterocycles. The highest BCUT2D eigenvalue weighted by molar-refractivity contribution is 6.10. The molecule has 280 valence electrons. The summed E-state index contributed by atoms with van der Waals surface area (Å²) >= 11 is 0. The number of fused-ring (bicyclic) bond motifs is 3. The maximum Gasteiger partial charge on any atom is 0.271 e. The number of anilines is 3. The third-order valence-electron chi connectivity index (χ3n) is 12.3. The SMILES string of the molecule is NC(=O)c1ncc(N2CCCCC2)nc1Nc1ccc(C2CCN(C[C@H]3CCC(c4cc5onc(C6CCC(=O)NC6=O)c5c5cc[nH]c45)C3)CC2)cc1. The van der Waals surface area contributed by atoms with Crippen molar-refractivity contribution in [3.63, 3.8) is 0 Å². The quantitative estimate of drug-likeness (QED) is 0.128. The second-order valence-corrected chi connectivity index (χ2v) is 15.7. The normalized spacial score (nSPS) is 23.0. The predicted octanol–water partition coefficient (Wildman–Crippen LogP) is 6.22. The van der Waals surface area contributed by atoms with Crippen LogP contribution in [0.25, 0.3) is 21.9 Å². The molecular formula is C41H47N9O4. The lowest BCUT2D eigenvalue weighted by Crippen LogP contribution is -2.39. The standard InChI is InChI=1S/C41H47N9O4/c42-39(52)38-40(46-33(22-44-38)50-16-2-1-3-17-50)45-28-8-6-25(7-9-28)26-13-18-49(19-14-26)23-24-4-5-27(20-24)31-21-32-35(29-12-15-43-36(29)31)37(48-54-32)30-10-11-34(51)47-41(30)53/h6-9,12,15,21-22,24,26-27,30,43H,1-5,10-11,13-14,16-20,23H2,(H2,42,52)(H,45,46)(H,47,51,53)/t24-,27?,30?/m0/s1. The van der Waals surface area contributed by atoms with E-state index in [0.29, 0.717) is 47.7 Å². The Morgan fingerprint density at radius 2 is 1.78 bits per heavy atom. The van der Waals surface area contributed by atoms with Crippen LogP contribution in [0.15, 0.2) is 53.3 Å². The van der Waals surface area contributed by atoms with E-state index in [4.69, 9.17) is 15.2 Å². The topological polar surface area (TPSA) is 175 Å². The number of imide groups is 1. The van der Waals surface area contributed by atoms with Crippen molar-refractivity contribution in [1.82, 2.24) is 30.3 Å². The molecule has 3 saturated heterocycles. The first-order chi connectivity index (χ1) is 26.4. The summed E-state index contributed by atoms with van der Waals surface area (Å²) in [4.78, 5) is 54.1. The molecule has 9 rings (SSSR count). The first-order valence-corrected chi connectivity index (χ1v) is 19.6. The Kier molecular flexibility index (Phi) is 9.26. The van der Waals surface area contributed by atoms with Crippen molar-refractivity contribution in [2.24, 2.45) is 11.7 Å². The van der Waals surface area contributed by atoms with Crippen LogP contribution in [0.3, 0.4) is 0 Å². The Labute approximate surface area is 313 Å². The average molecular weight is 730 g/mol. The summed E-state index contributed by atoms with van der Waals surface area (Å²) in [6.07, 6.45) is 13.5. The van der Waals surface area contributed by atoms with Crippen LogP contribution in [0.2, 0.25) is 0 Å². The lowest BCUT2D eigenvalue weighted by Gasteiger charge is -2.34. The molecule has 0 bridgehead atoms. The maximum atomic E-state index is 12.7. The van der Waals surface area contributed by atoms with Gasteiger partial charge in [0.1, 0.15) is 11.5 Å². The number of nitrogens with two attached hydrogens (primary N) is 1. The first-order valence-electron chi connectivity index (χ1n) is 19.6. The van der Waals surface area contributed by atoms with Crippen LogP contribution in [-0.2, 0) is 9.59 Å². The molecule has 13 nitrogen and oxygen atoms in total. The molecule has 0 radical (unpaired) electrons. The van der Waals surface area contributed by atoms with E-state index in [1.54, 1.807) is 6.20 Å². The molecule has 6 heterocycles. The molecular weight excluding hydrogens is 683 g/mol. The summed E-state index contributed by atoms with van der Waals surface area (Å²) in [7, 11) is 0. The average Bonchev–Trinajstić information content (AvgIpc) is 3.96. The molecule has 54 heavy (non-hydrogen) atoms. The van der Waals surface area contributed by atoms with Gasteiger partial charge in [0.05, 0.1) is 17.5 Å². The van der Waals surface area contributed by atoms with Crippen LogP contribution in [0, 0.1) is 5.92 Å². The summed E-state index contributed by atoms with van der Waals surface area (Å²) in [5.74, 6) is 1.11. The molecule has 4 fully saturated rings. The third-order valence-corrected chi connectivity index (χ3v) is 12.3. The number of aromatic nitrogens is 4. The van der Waals surface area contributed by atoms with Crippen LogP contribution < -0.4 is 21.3 Å². The summed E-state index contributed by atoms with van der Waals surface area (Å²) < 4.78 is 5.86. The Balaban J connectivity index is 0.810. The number of hydrogen-bond acceptors (Lipinski definition) is 10. The van der Waals surface area contributed by atoms with Crippen LogP contribution in [0.5, 0.6) is 0 Å². The number of benzene rings is 2.